The summed E-state index contributed by atoms with van der Waals surface area (Å²) in [5.41, 5.74) is 0.340. The van der Waals surface area contributed by atoms with Crippen LogP contribution in [-0.4, -0.2) is 11.8 Å². The number of hydrogen-bond donors (Lipinski definition) is 0. The normalized spacial score (nSPS) is 11.0. The molecule has 0 aliphatic heterocycles. The van der Waals surface area contributed by atoms with E-state index < -0.39 is 11.8 Å². The zero-order chi connectivity index (χ0) is 12.2. The first kappa shape index (κ1) is 12.8. The molecule has 88 valence electrons. The van der Waals surface area contributed by atoms with E-state index in [9.17, 15) is 4.79 Å². The molecule has 4 heteroatoms. The molecular formula is C12H15ClO3. The number of halogens is 1. The van der Waals surface area contributed by atoms with Gasteiger partial charge in [-0.15, -0.1) is 0 Å². The Hall–Kier alpha value is -1.22. The van der Waals surface area contributed by atoms with Crippen LogP contribution >= 0.6 is 11.6 Å². The van der Waals surface area contributed by atoms with Crippen molar-refractivity contribution in [1.29, 1.82) is 0 Å². The molecule has 0 N–H and O–H groups in total. The van der Waals surface area contributed by atoms with E-state index in [-0.39, 0.29) is 6.61 Å². The van der Waals surface area contributed by atoms with Gasteiger partial charge in [-0.25, -0.2) is 4.79 Å². The largest absolute Gasteiger partial charge is 0.509 e. The summed E-state index contributed by atoms with van der Waals surface area (Å²) in [4.78, 5) is 11.2. The Morgan fingerprint density at radius 3 is 2.31 bits per heavy atom. The molecule has 0 saturated carbocycles. The third kappa shape index (κ3) is 5.03. The van der Waals surface area contributed by atoms with E-state index in [1.165, 1.54) is 0 Å². The molecule has 0 bridgehead atoms. The van der Waals surface area contributed by atoms with Crippen LogP contribution in [-0.2, 0) is 16.1 Å². The van der Waals surface area contributed by atoms with Crippen LogP contribution < -0.4 is 0 Å². The summed E-state index contributed by atoms with van der Waals surface area (Å²) in [6, 6.07) is 7.09. The predicted octanol–water partition coefficient (Wildman–Crippen LogP) is 3.79. The topological polar surface area (TPSA) is 35.5 Å². The Morgan fingerprint density at radius 2 is 1.81 bits per heavy atom. The van der Waals surface area contributed by atoms with Crippen molar-refractivity contribution >= 4 is 17.8 Å². The van der Waals surface area contributed by atoms with Crippen molar-refractivity contribution in [2.75, 3.05) is 0 Å². The van der Waals surface area contributed by atoms with Crippen LogP contribution in [0.1, 0.15) is 26.3 Å². The van der Waals surface area contributed by atoms with E-state index in [0.717, 1.165) is 5.56 Å². The number of rotatable bonds is 2. The van der Waals surface area contributed by atoms with Gasteiger partial charge in [0.25, 0.3) is 0 Å². The Bertz CT molecular complexity index is 352. The van der Waals surface area contributed by atoms with Crippen LogP contribution in [0.3, 0.4) is 0 Å². The molecule has 0 radical (unpaired) electrons. The summed E-state index contributed by atoms with van der Waals surface area (Å²) in [6.45, 7) is 5.55. The minimum Gasteiger partial charge on any atom is -0.429 e. The third-order valence-electron chi connectivity index (χ3n) is 1.66. The average Bonchev–Trinajstić information content (AvgIpc) is 2.14. The lowest BCUT2D eigenvalue weighted by molar-refractivity contribution is -0.0108. The molecule has 0 aliphatic carbocycles. The highest BCUT2D eigenvalue weighted by Crippen LogP contribution is 2.12. The summed E-state index contributed by atoms with van der Waals surface area (Å²) >= 11 is 5.73. The van der Waals surface area contributed by atoms with Crippen LogP contribution in [0.15, 0.2) is 24.3 Å². The molecule has 0 aliphatic rings. The monoisotopic (exact) mass is 242 g/mol. The second-order valence-electron chi connectivity index (χ2n) is 4.38. The molecule has 1 rings (SSSR count). The number of hydrogen-bond acceptors (Lipinski definition) is 3. The molecule has 0 spiro atoms. The number of carbonyl (C=O) groups is 1. The molecule has 0 fully saturated rings. The fourth-order valence-electron chi connectivity index (χ4n) is 1.00. The molecule has 0 aromatic heterocycles. The first-order valence-corrected chi connectivity index (χ1v) is 5.35. The maximum absolute atomic E-state index is 11.2. The second kappa shape index (κ2) is 5.21. The van der Waals surface area contributed by atoms with Crippen molar-refractivity contribution in [2.45, 2.75) is 33.0 Å². The average molecular weight is 243 g/mol. The minimum absolute atomic E-state index is 0.187. The molecule has 1 aromatic carbocycles. The standard InChI is InChI=1S/C12H15ClO3/c1-12(2,3)16-11(14)15-8-9-4-6-10(13)7-5-9/h4-7H,8H2,1-3H3. The SMILES string of the molecule is CC(C)(C)OC(=O)OCc1ccc(Cl)cc1. The first-order chi connectivity index (χ1) is 7.37. The summed E-state index contributed by atoms with van der Waals surface area (Å²) < 4.78 is 9.94. The maximum atomic E-state index is 11.2. The van der Waals surface area contributed by atoms with Crippen LogP contribution in [0, 0.1) is 0 Å². The highest BCUT2D eigenvalue weighted by molar-refractivity contribution is 6.30. The van der Waals surface area contributed by atoms with Gasteiger partial charge >= 0.3 is 6.16 Å². The van der Waals surface area contributed by atoms with E-state index in [1.54, 1.807) is 45.0 Å². The van der Waals surface area contributed by atoms with Gasteiger partial charge in [-0.05, 0) is 38.5 Å². The van der Waals surface area contributed by atoms with Crippen molar-refractivity contribution in [3.05, 3.63) is 34.9 Å². The lowest BCUT2D eigenvalue weighted by Crippen LogP contribution is -2.24. The van der Waals surface area contributed by atoms with E-state index >= 15 is 0 Å². The summed E-state index contributed by atoms with van der Waals surface area (Å²) in [7, 11) is 0. The van der Waals surface area contributed by atoms with E-state index in [0.29, 0.717) is 5.02 Å². The molecule has 1 aromatic rings. The van der Waals surface area contributed by atoms with Gasteiger partial charge in [-0.1, -0.05) is 23.7 Å². The molecule has 3 nitrogen and oxygen atoms in total. The van der Waals surface area contributed by atoms with Crippen molar-refractivity contribution < 1.29 is 14.3 Å². The Kier molecular flexibility index (Phi) is 4.19. The van der Waals surface area contributed by atoms with Gasteiger partial charge < -0.3 is 9.47 Å². The summed E-state index contributed by atoms with van der Waals surface area (Å²) in [5, 5.41) is 0.654. The van der Waals surface area contributed by atoms with Crippen LogP contribution in [0.4, 0.5) is 4.79 Å². The minimum atomic E-state index is -0.664. The molecule has 0 heterocycles. The smallest absolute Gasteiger partial charge is 0.429 e. The van der Waals surface area contributed by atoms with Crippen molar-refractivity contribution in [3.63, 3.8) is 0 Å². The fourth-order valence-corrected chi connectivity index (χ4v) is 1.13. The van der Waals surface area contributed by atoms with E-state index in [1.807, 2.05) is 0 Å². The highest BCUT2D eigenvalue weighted by atomic mass is 35.5. The Balaban J connectivity index is 2.40. The quantitative estimate of drug-likeness (QED) is 0.740. The Labute approximate surface area is 100 Å². The van der Waals surface area contributed by atoms with Crippen LogP contribution in [0.2, 0.25) is 5.02 Å². The predicted molar refractivity (Wildman–Crippen MR) is 62.5 cm³/mol. The lowest BCUT2D eigenvalue weighted by atomic mass is 10.2. The first-order valence-electron chi connectivity index (χ1n) is 4.97. The van der Waals surface area contributed by atoms with Crippen LogP contribution in [0.5, 0.6) is 0 Å². The third-order valence-corrected chi connectivity index (χ3v) is 1.91. The number of carbonyl (C=O) groups excluding carboxylic acids is 1. The van der Waals surface area contributed by atoms with Crippen molar-refractivity contribution in [3.8, 4) is 0 Å². The number of benzene rings is 1. The van der Waals surface area contributed by atoms with Gasteiger partial charge in [-0.3, -0.25) is 0 Å². The second-order valence-corrected chi connectivity index (χ2v) is 4.82. The maximum Gasteiger partial charge on any atom is 0.509 e. The van der Waals surface area contributed by atoms with Crippen LogP contribution in [0.25, 0.3) is 0 Å². The summed E-state index contributed by atoms with van der Waals surface area (Å²) in [6.07, 6.45) is -0.664. The fraction of sp³-hybridized carbons (Fsp3) is 0.417. The highest BCUT2D eigenvalue weighted by Gasteiger charge is 2.17. The molecule has 0 saturated heterocycles. The van der Waals surface area contributed by atoms with E-state index in [4.69, 9.17) is 21.1 Å². The molecule has 0 unspecified atom stereocenters. The van der Waals surface area contributed by atoms with Crippen molar-refractivity contribution in [1.82, 2.24) is 0 Å². The van der Waals surface area contributed by atoms with Gasteiger partial charge in [0.15, 0.2) is 0 Å². The van der Waals surface area contributed by atoms with Gasteiger partial charge in [-0.2, -0.15) is 0 Å². The molecule has 16 heavy (non-hydrogen) atoms. The summed E-state index contributed by atoms with van der Waals surface area (Å²) in [5.74, 6) is 0. The lowest BCUT2D eigenvalue weighted by Gasteiger charge is -2.18. The van der Waals surface area contributed by atoms with Gasteiger partial charge in [0.05, 0.1) is 0 Å². The molecule has 0 atom stereocenters. The molecular weight excluding hydrogens is 228 g/mol. The van der Waals surface area contributed by atoms with Gasteiger partial charge in [0, 0.05) is 5.02 Å². The Morgan fingerprint density at radius 1 is 1.25 bits per heavy atom. The zero-order valence-electron chi connectivity index (χ0n) is 9.62. The zero-order valence-corrected chi connectivity index (χ0v) is 10.4. The van der Waals surface area contributed by atoms with Gasteiger partial charge in [0.1, 0.15) is 12.2 Å². The van der Waals surface area contributed by atoms with Gasteiger partial charge in [0.2, 0.25) is 0 Å². The molecule has 0 amide bonds. The number of ether oxygens (including phenoxy) is 2. The van der Waals surface area contributed by atoms with E-state index in [2.05, 4.69) is 0 Å². The van der Waals surface area contributed by atoms with Crippen molar-refractivity contribution in [2.24, 2.45) is 0 Å².